The van der Waals surface area contributed by atoms with Crippen molar-refractivity contribution < 1.29 is 17.9 Å². The number of carbonyl (C=O) groups excluding carboxylic acids is 1. The van der Waals surface area contributed by atoms with Gasteiger partial charge < -0.3 is 10.1 Å². The van der Waals surface area contributed by atoms with E-state index in [1.807, 2.05) is 31.2 Å². The van der Waals surface area contributed by atoms with Gasteiger partial charge in [0.1, 0.15) is 10.6 Å². The summed E-state index contributed by atoms with van der Waals surface area (Å²) < 4.78 is 33.2. The second-order valence-electron chi connectivity index (χ2n) is 6.97. The first kappa shape index (κ1) is 22.7. The zero-order chi connectivity index (χ0) is 22.4. The number of nitrogens with one attached hydrogen (secondary N) is 2. The van der Waals surface area contributed by atoms with Crippen molar-refractivity contribution >= 4 is 33.2 Å². The van der Waals surface area contributed by atoms with Gasteiger partial charge in [0.25, 0.3) is 15.9 Å². The minimum absolute atomic E-state index is 0.0365. The Kier molecular flexibility index (Phi) is 7.20. The van der Waals surface area contributed by atoms with Crippen LogP contribution in [0.4, 0.5) is 5.69 Å². The van der Waals surface area contributed by atoms with E-state index >= 15 is 0 Å². The van der Waals surface area contributed by atoms with Crippen LogP contribution in [0, 0.1) is 6.92 Å². The van der Waals surface area contributed by atoms with E-state index in [9.17, 15) is 13.2 Å². The van der Waals surface area contributed by atoms with Crippen molar-refractivity contribution in [3.63, 3.8) is 0 Å². The Morgan fingerprint density at radius 2 is 1.68 bits per heavy atom. The van der Waals surface area contributed by atoms with E-state index in [-0.39, 0.29) is 21.4 Å². The molecule has 0 spiro atoms. The Labute approximate surface area is 187 Å². The Morgan fingerprint density at radius 1 is 1.00 bits per heavy atom. The van der Waals surface area contributed by atoms with Crippen LogP contribution < -0.4 is 14.8 Å². The average Bonchev–Trinajstić information content (AvgIpc) is 2.76. The minimum Gasteiger partial charge on any atom is -0.497 e. The summed E-state index contributed by atoms with van der Waals surface area (Å²) >= 11 is 6.12. The van der Waals surface area contributed by atoms with Crippen LogP contribution in [0.2, 0.25) is 5.02 Å². The Balaban J connectivity index is 1.68. The van der Waals surface area contributed by atoms with Crippen LogP contribution in [0.1, 0.15) is 21.5 Å². The smallest absolute Gasteiger partial charge is 0.263 e. The van der Waals surface area contributed by atoms with Gasteiger partial charge in [0.05, 0.1) is 12.1 Å². The molecule has 8 heteroatoms. The van der Waals surface area contributed by atoms with Crippen molar-refractivity contribution in [3.05, 3.63) is 88.4 Å². The molecule has 0 aliphatic heterocycles. The largest absolute Gasteiger partial charge is 0.497 e. The fourth-order valence-electron chi connectivity index (χ4n) is 2.90. The number of halogens is 1. The number of carbonyl (C=O) groups is 1. The molecule has 0 saturated carbocycles. The third-order valence-electron chi connectivity index (χ3n) is 4.64. The number of hydrogen-bond donors (Lipinski definition) is 2. The monoisotopic (exact) mass is 458 g/mol. The van der Waals surface area contributed by atoms with E-state index in [1.54, 1.807) is 31.4 Å². The van der Waals surface area contributed by atoms with E-state index < -0.39 is 10.0 Å². The van der Waals surface area contributed by atoms with Gasteiger partial charge in [0.2, 0.25) is 0 Å². The molecule has 0 atom stereocenters. The molecule has 0 aliphatic carbocycles. The first-order valence-electron chi connectivity index (χ1n) is 9.58. The topological polar surface area (TPSA) is 84.5 Å². The van der Waals surface area contributed by atoms with E-state index in [0.717, 1.165) is 16.9 Å². The third kappa shape index (κ3) is 5.99. The van der Waals surface area contributed by atoms with E-state index in [4.69, 9.17) is 16.3 Å². The SMILES string of the molecule is COc1ccc(CCNC(=O)c2ccc(Cl)c(S(=O)(=O)Nc3ccc(C)cc3)c2)cc1. The number of amides is 1. The zero-order valence-corrected chi connectivity index (χ0v) is 18.8. The highest BCUT2D eigenvalue weighted by molar-refractivity contribution is 7.92. The molecule has 0 saturated heterocycles. The number of hydrogen-bond acceptors (Lipinski definition) is 4. The zero-order valence-electron chi connectivity index (χ0n) is 17.2. The lowest BCUT2D eigenvalue weighted by molar-refractivity contribution is 0.0954. The molecule has 0 unspecified atom stereocenters. The number of anilines is 1. The highest BCUT2D eigenvalue weighted by Crippen LogP contribution is 2.25. The highest BCUT2D eigenvalue weighted by atomic mass is 35.5. The highest BCUT2D eigenvalue weighted by Gasteiger charge is 2.20. The van der Waals surface area contributed by atoms with Crippen LogP contribution >= 0.6 is 11.6 Å². The number of aryl methyl sites for hydroxylation is 1. The van der Waals surface area contributed by atoms with E-state index in [1.165, 1.54) is 18.2 Å². The lowest BCUT2D eigenvalue weighted by Crippen LogP contribution is -2.26. The van der Waals surface area contributed by atoms with Gasteiger partial charge in [-0.25, -0.2) is 8.42 Å². The molecule has 3 rings (SSSR count). The molecule has 162 valence electrons. The minimum atomic E-state index is -3.96. The van der Waals surface area contributed by atoms with Crippen LogP contribution in [0.5, 0.6) is 5.75 Å². The summed E-state index contributed by atoms with van der Waals surface area (Å²) in [5.41, 5.74) is 2.68. The molecule has 0 bridgehead atoms. The summed E-state index contributed by atoms with van der Waals surface area (Å²) in [5, 5.41) is 2.84. The standard InChI is InChI=1S/C23H23ClN2O4S/c1-16-3-8-19(9-4-16)26-31(28,29)22-15-18(7-12-21(22)24)23(27)25-14-13-17-5-10-20(30-2)11-6-17/h3-12,15,26H,13-14H2,1-2H3,(H,25,27). The Morgan fingerprint density at radius 3 is 2.32 bits per heavy atom. The Hall–Kier alpha value is -3.03. The molecule has 31 heavy (non-hydrogen) atoms. The van der Waals surface area contributed by atoms with Crippen LogP contribution in [-0.4, -0.2) is 28.0 Å². The number of benzene rings is 3. The summed E-state index contributed by atoms with van der Waals surface area (Å²) in [5.74, 6) is 0.388. The van der Waals surface area contributed by atoms with Gasteiger partial charge in [-0.1, -0.05) is 41.4 Å². The van der Waals surface area contributed by atoms with E-state index in [0.29, 0.717) is 18.7 Å². The number of ether oxygens (including phenoxy) is 1. The van der Waals surface area contributed by atoms with Gasteiger partial charge in [0, 0.05) is 17.8 Å². The molecule has 0 aliphatic rings. The predicted octanol–water partition coefficient (Wildman–Crippen LogP) is 4.43. The predicted molar refractivity (Wildman–Crippen MR) is 122 cm³/mol. The quantitative estimate of drug-likeness (QED) is 0.523. The van der Waals surface area contributed by atoms with Crippen LogP contribution in [0.3, 0.4) is 0 Å². The maximum Gasteiger partial charge on any atom is 0.263 e. The fraction of sp³-hybridized carbons (Fsp3) is 0.174. The fourth-order valence-corrected chi connectivity index (χ4v) is 4.48. The Bertz CT molecular complexity index is 1160. The van der Waals surface area contributed by atoms with Crippen molar-refractivity contribution in [2.75, 3.05) is 18.4 Å². The third-order valence-corrected chi connectivity index (χ3v) is 6.51. The van der Waals surface area contributed by atoms with Crippen molar-refractivity contribution in [1.29, 1.82) is 0 Å². The maximum atomic E-state index is 12.8. The molecule has 3 aromatic carbocycles. The summed E-state index contributed by atoms with van der Waals surface area (Å²) in [6.07, 6.45) is 0.628. The molecule has 2 N–H and O–H groups in total. The average molecular weight is 459 g/mol. The van der Waals surface area contributed by atoms with Gasteiger partial charge in [-0.2, -0.15) is 0 Å². The second-order valence-corrected chi connectivity index (χ2v) is 9.03. The van der Waals surface area contributed by atoms with Gasteiger partial charge in [-0.15, -0.1) is 0 Å². The van der Waals surface area contributed by atoms with E-state index in [2.05, 4.69) is 10.0 Å². The lowest BCUT2D eigenvalue weighted by Gasteiger charge is -2.12. The molecule has 3 aromatic rings. The summed E-state index contributed by atoms with van der Waals surface area (Å²) in [4.78, 5) is 12.4. The molecule has 0 fully saturated rings. The van der Waals surface area contributed by atoms with Gasteiger partial charge in [-0.05, 0) is 61.4 Å². The van der Waals surface area contributed by atoms with Crippen LogP contribution in [0.25, 0.3) is 0 Å². The first-order valence-corrected chi connectivity index (χ1v) is 11.4. The first-order chi connectivity index (χ1) is 14.8. The normalized spacial score (nSPS) is 11.1. The number of sulfonamides is 1. The molecular weight excluding hydrogens is 436 g/mol. The number of methoxy groups -OCH3 is 1. The van der Waals surface area contributed by atoms with Crippen molar-refractivity contribution in [3.8, 4) is 5.75 Å². The van der Waals surface area contributed by atoms with Gasteiger partial charge in [0.15, 0.2) is 0 Å². The second kappa shape index (κ2) is 9.85. The van der Waals surface area contributed by atoms with Crippen LogP contribution in [-0.2, 0) is 16.4 Å². The van der Waals surface area contributed by atoms with Gasteiger partial charge in [-0.3, -0.25) is 9.52 Å². The molecule has 0 radical (unpaired) electrons. The molecule has 0 heterocycles. The summed E-state index contributed by atoms with van der Waals surface area (Å²) in [7, 11) is -2.35. The van der Waals surface area contributed by atoms with Crippen molar-refractivity contribution in [1.82, 2.24) is 5.32 Å². The maximum absolute atomic E-state index is 12.8. The number of rotatable bonds is 8. The molecular formula is C23H23ClN2O4S. The summed E-state index contributed by atoms with van der Waals surface area (Å²) in [6, 6.07) is 18.7. The molecule has 0 aromatic heterocycles. The summed E-state index contributed by atoms with van der Waals surface area (Å²) in [6.45, 7) is 2.31. The van der Waals surface area contributed by atoms with Crippen LogP contribution in [0.15, 0.2) is 71.6 Å². The van der Waals surface area contributed by atoms with Gasteiger partial charge >= 0.3 is 0 Å². The van der Waals surface area contributed by atoms with Crippen molar-refractivity contribution in [2.45, 2.75) is 18.2 Å². The molecule has 6 nitrogen and oxygen atoms in total. The molecule has 1 amide bonds. The van der Waals surface area contributed by atoms with Crippen molar-refractivity contribution in [2.24, 2.45) is 0 Å². The lowest BCUT2D eigenvalue weighted by atomic mass is 10.1.